The van der Waals surface area contributed by atoms with Gasteiger partial charge in [-0.3, -0.25) is 0 Å². The smallest absolute Gasteiger partial charge is 0.303 e. The summed E-state index contributed by atoms with van der Waals surface area (Å²) >= 11 is 4.14. The van der Waals surface area contributed by atoms with Crippen LogP contribution < -0.4 is 5.25 Å². The van der Waals surface area contributed by atoms with Crippen LogP contribution in [0.5, 0.6) is 0 Å². The van der Waals surface area contributed by atoms with E-state index in [1.807, 2.05) is 0 Å². The zero-order valence-electron chi connectivity index (χ0n) is 3.15. The van der Waals surface area contributed by atoms with Gasteiger partial charge in [-0.05, 0) is 11.8 Å². The third-order valence-corrected chi connectivity index (χ3v) is 0. The summed E-state index contributed by atoms with van der Waals surface area (Å²) in [6.07, 6.45) is 0. The van der Waals surface area contributed by atoms with Crippen molar-refractivity contribution in [2.75, 3.05) is 0 Å². The SMILES string of the molecule is NCl.O=P(O)(O)O. The van der Waals surface area contributed by atoms with E-state index in [2.05, 4.69) is 17.0 Å². The average molecular weight is 149 g/mol. The summed E-state index contributed by atoms with van der Waals surface area (Å²) in [6.45, 7) is 0. The zero-order chi connectivity index (χ0) is 6.50. The largest absolute Gasteiger partial charge is 0.466 e. The molecule has 0 atom stereocenters. The molecular formula is H5ClNO4P. The normalized spacial score (nSPS) is 9.29. The Labute approximate surface area is 45.1 Å². The molecule has 5 nitrogen and oxygen atoms in total. The first-order valence-electron chi connectivity index (χ1n) is 1.00. The van der Waals surface area contributed by atoms with Gasteiger partial charge in [-0.1, -0.05) is 0 Å². The lowest BCUT2D eigenvalue weighted by Crippen LogP contribution is -1.66. The van der Waals surface area contributed by atoms with Crippen LogP contribution in [0.15, 0.2) is 0 Å². The molecule has 0 fully saturated rings. The van der Waals surface area contributed by atoms with E-state index in [-0.39, 0.29) is 0 Å². The van der Waals surface area contributed by atoms with Gasteiger partial charge < -0.3 is 14.7 Å². The topological polar surface area (TPSA) is 104 Å². The van der Waals surface area contributed by atoms with Crippen molar-refractivity contribution in [3.63, 3.8) is 0 Å². The van der Waals surface area contributed by atoms with Crippen molar-refractivity contribution in [3.8, 4) is 0 Å². The minimum atomic E-state index is -4.64. The Hall–Kier alpha value is 0.360. The van der Waals surface area contributed by atoms with Gasteiger partial charge >= 0.3 is 7.82 Å². The highest BCUT2D eigenvalue weighted by atomic mass is 35.5. The summed E-state index contributed by atoms with van der Waals surface area (Å²) < 4.78 is 8.88. The van der Waals surface area contributed by atoms with E-state index in [1.54, 1.807) is 0 Å². The van der Waals surface area contributed by atoms with E-state index >= 15 is 0 Å². The van der Waals surface area contributed by atoms with Gasteiger partial charge in [0.2, 0.25) is 0 Å². The molecule has 0 aliphatic rings. The maximum atomic E-state index is 8.88. The number of nitrogens with two attached hydrogens (primary N) is 1. The summed E-state index contributed by atoms with van der Waals surface area (Å²) in [7, 11) is -4.64. The van der Waals surface area contributed by atoms with Crippen molar-refractivity contribution < 1.29 is 19.2 Å². The van der Waals surface area contributed by atoms with E-state index in [4.69, 9.17) is 19.2 Å². The summed E-state index contributed by atoms with van der Waals surface area (Å²) in [5.74, 6) is 0. The molecule has 0 saturated heterocycles. The van der Waals surface area contributed by atoms with Crippen molar-refractivity contribution in [2.45, 2.75) is 0 Å². The van der Waals surface area contributed by atoms with Crippen LogP contribution in [0.1, 0.15) is 0 Å². The van der Waals surface area contributed by atoms with E-state index in [1.165, 1.54) is 0 Å². The lowest BCUT2D eigenvalue weighted by atomic mass is 14.0. The Morgan fingerprint density at radius 1 is 1.29 bits per heavy atom. The molecule has 0 heterocycles. The quantitative estimate of drug-likeness (QED) is 0.266. The number of hydrogen-bond donors (Lipinski definition) is 4. The summed E-state index contributed by atoms with van der Waals surface area (Å²) in [5.41, 5.74) is 0. The van der Waals surface area contributed by atoms with Crippen molar-refractivity contribution in [1.29, 1.82) is 0 Å². The van der Waals surface area contributed by atoms with Gasteiger partial charge in [0.1, 0.15) is 0 Å². The first kappa shape index (κ1) is 10.4. The third kappa shape index (κ3) is 933. The van der Waals surface area contributed by atoms with Crippen LogP contribution in [-0.2, 0) is 4.57 Å². The molecule has 0 radical (unpaired) electrons. The fourth-order valence-electron chi connectivity index (χ4n) is 0. The second-order valence-electron chi connectivity index (χ2n) is 0.513. The van der Waals surface area contributed by atoms with Gasteiger partial charge in [0.15, 0.2) is 0 Å². The van der Waals surface area contributed by atoms with E-state index in [9.17, 15) is 0 Å². The van der Waals surface area contributed by atoms with Gasteiger partial charge in [0.05, 0.1) is 0 Å². The molecule has 0 aliphatic carbocycles. The first-order chi connectivity index (χ1) is 3.00. The molecule has 0 aliphatic heterocycles. The van der Waals surface area contributed by atoms with Crippen molar-refractivity contribution >= 4 is 19.6 Å². The standard InChI is InChI=1S/ClH2N.H3O4P/c1-2;1-5(2,3)4/h2H2;(H3,1,2,3,4). The van der Waals surface area contributed by atoms with Crippen LogP contribution in [0.2, 0.25) is 0 Å². The number of halogens is 1. The second-order valence-corrected chi connectivity index (χ2v) is 1.54. The maximum absolute atomic E-state index is 8.88. The van der Waals surface area contributed by atoms with Crippen LogP contribution in [-0.4, -0.2) is 14.7 Å². The van der Waals surface area contributed by atoms with Gasteiger partial charge in [0.25, 0.3) is 0 Å². The van der Waals surface area contributed by atoms with Crippen LogP contribution in [0, 0.1) is 0 Å². The second kappa shape index (κ2) is 4.52. The van der Waals surface area contributed by atoms with Crippen molar-refractivity contribution in [3.05, 3.63) is 0 Å². The van der Waals surface area contributed by atoms with Gasteiger partial charge in [-0.25, -0.2) is 9.82 Å². The average Bonchev–Trinajstić information content (AvgIpc) is 1.36. The number of rotatable bonds is 0. The molecule has 0 rings (SSSR count). The molecule has 0 bridgehead atoms. The molecule has 7 heteroatoms. The van der Waals surface area contributed by atoms with E-state index in [0.29, 0.717) is 0 Å². The molecule has 0 saturated carbocycles. The number of hydrogen-bond acceptors (Lipinski definition) is 2. The lowest BCUT2D eigenvalue weighted by molar-refractivity contribution is 0.275. The first-order valence-corrected chi connectivity index (χ1v) is 3.00. The molecule has 0 aromatic heterocycles. The molecule has 0 amide bonds. The molecule has 0 aromatic carbocycles. The predicted octanol–water partition coefficient (Wildman–Crippen LogP) is -0.830. The van der Waals surface area contributed by atoms with Crippen molar-refractivity contribution in [1.82, 2.24) is 0 Å². The fourth-order valence-corrected chi connectivity index (χ4v) is 0. The molecular weight excluding hydrogens is 144 g/mol. The summed E-state index contributed by atoms with van der Waals surface area (Å²) in [6, 6.07) is 0. The third-order valence-electron chi connectivity index (χ3n) is 0. The van der Waals surface area contributed by atoms with Gasteiger partial charge in [0, 0.05) is 0 Å². The fraction of sp³-hybridized carbons (Fsp3) is 0. The van der Waals surface area contributed by atoms with Crippen molar-refractivity contribution in [2.24, 2.45) is 5.25 Å². The predicted molar refractivity (Wildman–Crippen MR) is 24.3 cm³/mol. The van der Waals surface area contributed by atoms with Crippen LogP contribution in [0.4, 0.5) is 0 Å². The Bertz CT molecular complexity index is 57.8. The highest BCUT2D eigenvalue weighted by Crippen LogP contribution is 2.25. The minimum Gasteiger partial charge on any atom is -0.303 e. The van der Waals surface area contributed by atoms with Gasteiger partial charge in [-0.2, -0.15) is 0 Å². The zero-order valence-corrected chi connectivity index (χ0v) is 4.80. The summed E-state index contributed by atoms with van der Waals surface area (Å²) in [5, 5.41) is 3.97. The maximum Gasteiger partial charge on any atom is 0.466 e. The Morgan fingerprint density at radius 2 is 1.29 bits per heavy atom. The molecule has 0 aromatic rings. The molecule has 5 N–H and O–H groups in total. The lowest BCUT2D eigenvalue weighted by Gasteiger charge is -1.82. The Morgan fingerprint density at radius 3 is 1.29 bits per heavy atom. The summed E-state index contributed by atoms with van der Waals surface area (Å²) in [4.78, 5) is 21.6. The molecule has 7 heavy (non-hydrogen) atoms. The van der Waals surface area contributed by atoms with Crippen LogP contribution in [0.3, 0.4) is 0 Å². The minimum absolute atomic E-state index is 3.97. The molecule has 0 unspecified atom stereocenters. The van der Waals surface area contributed by atoms with Gasteiger partial charge in [-0.15, -0.1) is 0 Å². The Kier molecular flexibility index (Phi) is 6.69. The number of phosphoric acid groups is 1. The van der Waals surface area contributed by atoms with Crippen LogP contribution >= 0.6 is 19.6 Å². The van der Waals surface area contributed by atoms with E-state index < -0.39 is 7.82 Å². The van der Waals surface area contributed by atoms with Crippen LogP contribution in [0.25, 0.3) is 0 Å². The Balaban J connectivity index is 0. The highest BCUT2D eigenvalue weighted by molar-refractivity contribution is 7.45. The monoisotopic (exact) mass is 149 g/mol. The molecule has 46 valence electrons. The highest BCUT2D eigenvalue weighted by Gasteiger charge is 2.00. The van der Waals surface area contributed by atoms with E-state index in [0.717, 1.165) is 0 Å². The molecule has 0 spiro atoms.